The molecule has 2 saturated carbocycles. The van der Waals surface area contributed by atoms with Crippen molar-refractivity contribution in [3.05, 3.63) is 203 Å². The Morgan fingerprint density at radius 1 is 0.318 bits per heavy atom. The van der Waals surface area contributed by atoms with Crippen LogP contribution in [0.2, 0.25) is 0 Å². The second-order valence-electron chi connectivity index (χ2n) is 19.1. The largest absolute Gasteiger partial charge is 0.310 e. The summed E-state index contributed by atoms with van der Waals surface area (Å²) in [5, 5.41) is 12.8. The van der Waals surface area contributed by atoms with Gasteiger partial charge in [0.2, 0.25) is 0 Å². The summed E-state index contributed by atoms with van der Waals surface area (Å²) in [5.41, 5.74) is 15.3. The molecule has 322 valence electrons. The van der Waals surface area contributed by atoms with Crippen molar-refractivity contribution in [1.29, 1.82) is 0 Å². The number of anilines is 6. The van der Waals surface area contributed by atoms with Crippen molar-refractivity contribution in [2.75, 3.05) is 9.80 Å². The molecule has 12 rings (SSSR count). The fraction of sp³-hybridized carbons (Fsp3) is 0.188. The lowest BCUT2D eigenvalue weighted by molar-refractivity contribution is 0.602. The topological polar surface area (TPSA) is 6.48 Å². The van der Waals surface area contributed by atoms with E-state index in [1.807, 2.05) is 0 Å². The summed E-state index contributed by atoms with van der Waals surface area (Å²) >= 11 is 0. The van der Waals surface area contributed by atoms with Crippen LogP contribution < -0.4 is 9.80 Å². The predicted molar refractivity (Wildman–Crippen MR) is 286 cm³/mol. The first-order chi connectivity index (χ1) is 32.6. The molecular weight excluding hydrogens is 797 g/mol. The minimum atomic E-state index is 1.16. The second kappa shape index (κ2) is 17.0. The highest BCUT2D eigenvalue weighted by Gasteiger charge is 2.25. The summed E-state index contributed by atoms with van der Waals surface area (Å²) in [7, 11) is 0. The van der Waals surface area contributed by atoms with E-state index >= 15 is 0 Å². The van der Waals surface area contributed by atoms with Gasteiger partial charge in [-0.1, -0.05) is 163 Å². The molecule has 0 aliphatic heterocycles. The van der Waals surface area contributed by atoms with E-state index in [1.54, 1.807) is 11.1 Å². The number of aryl methyl sites for hydroxylation is 2. The molecule has 0 spiro atoms. The van der Waals surface area contributed by atoms with Crippen LogP contribution in [-0.2, 0) is 0 Å². The first-order valence-corrected chi connectivity index (χ1v) is 24.4. The van der Waals surface area contributed by atoms with E-state index in [9.17, 15) is 0 Å². The highest BCUT2D eigenvalue weighted by Crippen LogP contribution is 2.52. The van der Waals surface area contributed by atoms with E-state index < -0.39 is 0 Å². The van der Waals surface area contributed by atoms with Gasteiger partial charge in [-0.25, -0.2) is 0 Å². The average Bonchev–Trinajstić information content (AvgIpc) is 3.36. The molecule has 0 heterocycles. The average molecular weight is 853 g/mol. The second-order valence-corrected chi connectivity index (χ2v) is 19.1. The van der Waals surface area contributed by atoms with Gasteiger partial charge in [-0.05, 0) is 163 Å². The Morgan fingerprint density at radius 2 is 0.727 bits per heavy atom. The maximum atomic E-state index is 2.51. The van der Waals surface area contributed by atoms with Crippen molar-refractivity contribution < 1.29 is 0 Å². The number of allylic oxidation sites excluding steroid dienone is 2. The van der Waals surface area contributed by atoms with Crippen molar-refractivity contribution in [1.82, 2.24) is 0 Å². The summed E-state index contributed by atoms with van der Waals surface area (Å²) in [4.78, 5) is 4.98. The van der Waals surface area contributed by atoms with Gasteiger partial charge in [-0.2, -0.15) is 0 Å². The normalized spacial score (nSPS) is 14.5. The zero-order valence-corrected chi connectivity index (χ0v) is 38.3. The molecule has 2 nitrogen and oxygen atoms in total. The van der Waals surface area contributed by atoms with E-state index in [-0.39, 0.29) is 0 Å². The van der Waals surface area contributed by atoms with Crippen LogP contribution in [0, 0.1) is 13.8 Å². The van der Waals surface area contributed by atoms with Crippen LogP contribution in [0.1, 0.15) is 86.5 Å². The third-order valence-electron chi connectivity index (χ3n) is 14.7. The molecule has 0 atom stereocenters. The molecule has 0 saturated heterocycles. The minimum absolute atomic E-state index is 1.16. The Labute approximate surface area is 389 Å². The molecule has 2 fully saturated rings. The van der Waals surface area contributed by atoms with Crippen molar-refractivity contribution in [2.24, 2.45) is 0 Å². The van der Waals surface area contributed by atoms with E-state index in [2.05, 4.69) is 206 Å². The fourth-order valence-corrected chi connectivity index (χ4v) is 11.4. The van der Waals surface area contributed by atoms with Gasteiger partial charge < -0.3 is 9.80 Å². The van der Waals surface area contributed by atoms with Gasteiger partial charge in [0.1, 0.15) is 0 Å². The van der Waals surface area contributed by atoms with E-state index in [0.717, 1.165) is 22.7 Å². The zero-order chi connectivity index (χ0) is 44.1. The van der Waals surface area contributed by atoms with Crippen LogP contribution in [0.15, 0.2) is 181 Å². The maximum Gasteiger partial charge on any atom is 0.0619 e. The molecular formula is C64H56N2. The van der Waals surface area contributed by atoms with Crippen LogP contribution in [0.3, 0.4) is 0 Å². The van der Waals surface area contributed by atoms with Crippen molar-refractivity contribution in [3.63, 3.8) is 0 Å². The highest BCUT2D eigenvalue weighted by molar-refractivity contribution is 6.41. The molecule has 0 N–H and O–H groups in total. The molecule has 0 amide bonds. The van der Waals surface area contributed by atoms with Gasteiger partial charge in [0.25, 0.3) is 0 Å². The summed E-state index contributed by atoms with van der Waals surface area (Å²) < 4.78 is 0. The highest BCUT2D eigenvalue weighted by atomic mass is 15.1. The van der Waals surface area contributed by atoms with Crippen LogP contribution >= 0.6 is 0 Å². The first-order valence-electron chi connectivity index (χ1n) is 24.4. The standard InChI is InChI=1S/C64H56N2/c1-43-23-31-49(32-24-43)65(50-35-27-47(28-36-50)41-45-13-5-3-6-14-45)60-40-39-55-53-19-11-22-59-63(53)62(58-21-12-20-57(60)61(55)58)54-17-9-10-18-56(54)64(59)66(51-33-25-44(2)26-34-51)52-37-29-48(30-38-52)42-46-15-7-4-8-16-46/h9-12,17-42H,3-8,13-16H2,1-2H3. The number of nitrogens with zero attached hydrogens (tertiary/aromatic N) is 2. The molecule has 2 aliphatic carbocycles. The summed E-state index contributed by atoms with van der Waals surface area (Å²) in [6.45, 7) is 4.35. The quantitative estimate of drug-likeness (QED) is 0.111. The number of fused-ring (bicyclic) bond motifs is 4. The summed E-state index contributed by atoms with van der Waals surface area (Å²) in [6, 6.07) is 64.5. The molecule has 10 aromatic rings. The van der Waals surface area contributed by atoms with Gasteiger partial charge in [-0.3, -0.25) is 0 Å². The molecule has 0 unspecified atom stereocenters. The fourth-order valence-electron chi connectivity index (χ4n) is 11.4. The predicted octanol–water partition coefficient (Wildman–Crippen LogP) is 19.1. The van der Waals surface area contributed by atoms with Crippen molar-refractivity contribution in [2.45, 2.75) is 78.1 Å². The third kappa shape index (κ3) is 7.20. The maximum absolute atomic E-state index is 2.51. The number of benzene rings is 10. The summed E-state index contributed by atoms with van der Waals surface area (Å²) in [6.07, 6.45) is 17.7. The Bertz CT molecular complexity index is 3450. The molecule has 66 heavy (non-hydrogen) atoms. The van der Waals surface area contributed by atoms with Crippen molar-refractivity contribution in [3.8, 4) is 0 Å². The van der Waals surface area contributed by atoms with E-state index in [0.29, 0.717) is 0 Å². The minimum Gasteiger partial charge on any atom is -0.310 e. The number of hydrogen-bond acceptors (Lipinski definition) is 2. The van der Waals surface area contributed by atoms with Crippen LogP contribution in [0.5, 0.6) is 0 Å². The molecule has 0 bridgehead atoms. The van der Waals surface area contributed by atoms with Gasteiger partial charge in [0, 0.05) is 44.3 Å². The Balaban J connectivity index is 1.08. The zero-order valence-electron chi connectivity index (χ0n) is 38.3. The van der Waals surface area contributed by atoms with Gasteiger partial charge in [-0.15, -0.1) is 0 Å². The van der Waals surface area contributed by atoms with Crippen molar-refractivity contribution >= 4 is 100 Å². The van der Waals surface area contributed by atoms with Crippen LogP contribution in [-0.4, -0.2) is 0 Å². The molecule has 2 heteroatoms. The summed E-state index contributed by atoms with van der Waals surface area (Å²) in [5.74, 6) is 0. The molecule has 0 aromatic heterocycles. The Morgan fingerprint density at radius 3 is 1.29 bits per heavy atom. The van der Waals surface area contributed by atoms with Gasteiger partial charge >= 0.3 is 0 Å². The first kappa shape index (κ1) is 40.4. The third-order valence-corrected chi connectivity index (χ3v) is 14.7. The Kier molecular flexibility index (Phi) is 10.4. The lowest BCUT2D eigenvalue weighted by atomic mass is 9.85. The molecule has 10 aromatic carbocycles. The van der Waals surface area contributed by atoms with E-state index in [4.69, 9.17) is 0 Å². The Hall–Kier alpha value is -7.16. The monoisotopic (exact) mass is 852 g/mol. The van der Waals surface area contributed by atoms with Crippen LogP contribution in [0.25, 0.3) is 66.0 Å². The molecule has 2 aliphatic rings. The van der Waals surface area contributed by atoms with Crippen LogP contribution in [0.4, 0.5) is 34.1 Å². The van der Waals surface area contributed by atoms with E-state index in [1.165, 1.54) is 152 Å². The lowest BCUT2D eigenvalue weighted by Crippen LogP contribution is -2.12. The SMILES string of the molecule is Cc1ccc(N(c2ccc(C=C3CCCCC3)cc2)c2ccc3c4cccc5c(N(c6ccc(C)cc6)c6ccc(C=C7CCCCC7)cc6)c6ccccc6c(c6cccc2c36)c54)cc1. The smallest absolute Gasteiger partial charge is 0.0619 e. The number of rotatable bonds is 8. The number of hydrogen-bond donors (Lipinski definition) is 0. The van der Waals surface area contributed by atoms with Gasteiger partial charge in [0.05, 0.1) is 11.4 Å². The molecule has 0 radical (unpaired) electrons. The lowest BCUT2D eigenvalue weighted by Gasteiger charge is -2.30. The van der Waals surface area contributed by atoms with Gasteiger partial charge in [0.15, 0.2) is 0 Å².